The molecule has 5 rings (SSSR count). The van der Waals surface area contributed by atoms with E-state index in [1.54, 1.807) is 6.08 Å². The van der Waals surface area contributed by atoms with E-state index in [0.717, 1.165) is 18.4 Å². The van der Waals surface area contributed by atoms with Crippen LogP contribution in [0.3, 0.4) is 0 Å². The van der Waals surface area contributed by atoms with E-state index in [-0.39, 0.29) is 41.4 Å². The number of fused-ring (bicyclic) bond motifs is 2. The fraction of sp³-hybridized carbons (Fsp3) is 0.586. The number of allylic oxidation sites excluding steroid dienone is 1. The first-order valence-corrected chi connectivity index (χ1v) is 13.0. The first-order chi connectivity index (χ1) is 16.8. The summed E-state index contributed by atoms with van der Waals surface area (Å²) in [6.07, 6.45) is 10.0. The van der Waals surface area contributed by atoms with Crippen LogP contribution in [-0.4, -0.2) is 46.4 Å². The highest BCUT2D eigenvalue weighted by Gasteiger charge is 2.78. The van der Waals surface area contributed by atoms with Crippen LogP contribution in [-0.2, 0) is 25.5 Å². The minimum atomic E-state index is -1.33. The molecule has 4 aliphatic rings. The number of nitrogens with one attached hydrogen (secondary N) is 1. The van der Waals surface area contributed by atoms with Crippen LogP contribution in [0.2, 0.25) is 0 Å². The third-order valence-corrected chi connectivity index (χ3v) is 8.86. The molecular formula is C29H37NO5. The molecule has 6 nitrogen and oxygen atoms in total. The summed E-state index contributed by atoms with van der Waals surface area (Å²) in [6.45, 7) is 6.42. The zero-order valence-electron chi connectivity index (χ0n) is 20.9. The SMILES string of the molecule is C[C@H]1C/C=C/[C@H]2[C@@H]3O[C@]3(C)[C@@H](C)[C@H]3[C@H](Cc4ccccc4)NC(=O)[C@]32OC(=O)/C=C/CC(O)CC1. The molecule has 188 valence electrons. The van der Waals surface area contributed by atoms with Gasteiger partial charge in [0.15, 0.2) is 0 Å². The maximum Gasteiger partial charge on any atom is 0.331 e. The minimum Gasteiger partial charge on any atom is -0.445 e. The Labute approximate surface area is 207 Å². The Morgan fingerprint density at radius 2 is 1.86 bits per heavy atom. The first kappa shape index (κ1) is 24.3. The Bertz CT molecular complexity index is 1020. The van der Waals surface area contributed by atoms with Gasteiger partial charge in [-0.05, 0) is 56.4 Å². The smallest absolute Gasteiger partial charge is 0.331 e. The number of epoxide rings is 1. The number of rotatable bonds is 2. The molecule has 3 fully saturated rings. The Kier molecular flexibility index (Phi) is 6.39. The van der Waals surface area contributed by atoms with Gasteiger partial charge < -0.3 is 19.9 Å². The Hall–Kier alpha value is -2.44. The molecule has 3 heterocycles. The molecular weight excluding hydrogens is 442 g/mol. The Balaban J connectivity index is 1.55. The number of amides is 1. The summed E-state index contributed by atoms with van der Waals surface area (Å²) < 4.78 is 12.5. The predicted octanol–water partition coefficient (Wildman–Crippen LogP) is 3.73. The average Bonchev–Trinajstić information content (AvgIpc) is 3.44. The summed E-state index contributed by atoms with van der Waals surface area (Å²) in [5.41, 5.74) is -0.551. The van der Waals surface area contributed by atoms with Gasteiger partial charge in [-0.1, -0.05) is 62.4 Å². The molecule has 1 aliphatic carbocycles. The summed E-state index contributed by atoms with van der Waals surface area (Å²) in [7, 11) is 0. The van der Waals surface area contributed by atoms with Crippen molar-refractivity contribution in [3.05, 3.63) is 60.2 Å². The first-order valence-electron chi connectivity index (χ1n) is 13.0. The quantitative estimate of drug-likeness (QED) is 0.383. The van der Waals surface area contributed by atoms with Gasteiger partial charge in [-0.15, -0.1) is 0 Å². The Morgan fingerprint density at radius 1 is 1.09 bits per heavy atom. The molecule has 0 aromatic heterocycles. The highest BCUT2D eigenvalue weighted by atomic mass is 16.6. The topological polar surface area (TPSA) is 88.2 Å². The van der Waals surface area contributed by atoms with Crippen molar-refractivity contribution in [3.8, 4) is 0 Å². The van der Waals surface area contributed by atoms with Crippen LogP contribution >= 0.6 is 0 Å². The lowest BCUT2D eigenvalue weighted by molar-refractivity contribution is -0.177. The van der Waals surface area contributed by atoms with E-state index < -0.39 is 17.7 Å². The monoisotopic (exact) mass is 479 g/mol. The average molecular weight is 480 g/mol. The van der Waals surface area contributed by atoms with Gasteiger partial charge in [-0.25, -0.2) is 4.79 Å². The largest absolute Gasteiger partial charge is 0.445 e. The summed E-state index contributed by atoms with van der Waals surface area (Å²) in [6, 6.07) is 9.94. The van der Waals surface area contributed by atoms with Crippen molar-refractivity contribution in [1.29, 1.82) is 0 Å². The van der Waals surface area contributed by atoms with Crippen molar-refractivity contribution >= 4 is 11.9 Å². The van der Waals surface area contributed by atoms with E-state index >= 15 is 0 Å². The molecule has 2 N–H and O–H groups in total. The van der Waals surface area contributed by atoms with Crippen LogP contribution in [0, 0.1) is 23.7 Å². The van der Waals surface area contributed by atoms with E-state index in [9.17, 15) is 14.7 Å². The van der Waals surface area contributed by atoms with E-state index in [1.165, 1.54) is 6.08 Å². The predicted molar refractivity (Wildman–Crippen MR) is 132 cm³/mol. The third kappa shape index (κ3) is 4.25. The summed E-state index contributed by atoms with van der Waals surface area (Å²) >= 11 is 0. The molecule has 1 spiro atoms. The van der Waals surface area contributed by atoms with Crippen LogP contribution < -0.4 is 5.32 Å². The molecule has 1 aromatic rings. The number of hydrogen-bond acceptors (Lipinski definition) is 5. The van der Waals surface area contributed by atoms with Crippen LogP contribution in [0.5, 0.6) is 0 Å². The van der Waals surface area contributed by atoms with Gasteiger partial charge in [-0.3, -0.25) is 4.79 Å². The van der Waals surface area contributed by atoms with E-state index in [4.69, 9.17) is 9.47 Å². The third-order valence-electron chi connectivity index (χ3n) is 8.86. The molecule has 9 atom stereocenters. The van der Waals surface area contributed by atoms with Crippen molar-refractivity contribution in [2.24, 2.45) is 23.7 Å². The van der Waals surface area contributed by atoms with Gasteiger partial charge in [0.1, 0.15) is 0 Å². The zero-order valence-corrected chi connectivity index (χ0v) is 20.9. The fourth-order valence-electron chi connectivity index (χ4n) is 6.70. The van der Waals surface area contributed by atoms with Crippen LogP contribution in [0.25, 0.3) is 0 Å². The number of benzene rings is 1. The molecule has 1 aromatic carbocycles. The molecule has 2 saturated heterocycles. The second kappa shape index (κ2) is 9.21. The van der Waals surface area contributed by atoms with Crippen molar-refractivity contribution in [2.45, 2.75) is 82.3 Å². The van der Waals surface area contributed by atoms with Gasteiger partial charge >= 0.3 is 5.97 Å². The number of aliphatic hydroxyl groups excluding tert-OH is 1. The molecule has 3 aliphatic heterocycles. The Morgan fingerprint density at radius 3 is 2.63 bits per heavy atom. The molecule has 35 heavy (non-hydrogen) atoms. The lowest BCUT2D eigenvalue weighted by Gasteiger charge is -2.45. The highest BCUT2D eigenvalue weighted by molar-refractivity contribution is 5.94. The molecule has 6 heteroatoms. The van der Waals surface area contributed by atoms with E-state index in [2.05, 4.69) is 50.4 Å². The molecule has 1 unspecified atom stereocenters. The van der Waals surface area contributed by atoms with Crippen molar-refractivity contribution < 1.29 is 24.2 Å². The minimum absolute atomic E-state index is 0.0150. The number of aliphatic hydroxyl groups is 1. The van der Waals surface area contributed by atoms with Crippen LogP contribution in [0.1, 0.15) is 52.0 Å². The van der Waals surface area contributed by atoms with Gasteiger partial charge in [0.2, 0.25) is 5.60 Å². The number of ether oxygens (including phenoxy) is 2. The second-order valence-corrected chi connectivity index (χ2v) is 11.2. The van der Waals surface area contributed by atoms with Gasteiger partial charge in [0.05, 0.1) is 23.7 Å². The summed E-state index contributed by atoms with van der Waals surface area (Å²) in [5, 5.41) is 13.5. The lowest BCUT2D eigenvalue weighted by Crippen LogP contribution is -2.61. The van der Waals surface area contributed by atoms with Gasteiger partial charge in [0, 0.05) is 18.0 Å². The van der Waals surface area contributed by atoms with Gasteiger partial charge in [0.25, 0.3) is 5.91 Å². The second-order valence-electron chi connectivity index (χ2n) is 11.2. The highest BCUT2D eigenvalue weighted by Crippen LogP contribution is 2.63. The van der Waals surface area contributed by atoms with E-state index in [0.29, 0.717) is 25.2 Å². The summed E-state index contributed by atoms with van der Waals surface area (Å²) in [4.78, 5) is 26.9. The molecule has 1 saturated carbocycles. The number of carbonyl (C=O) groups is 2. The fourth-order valence-corrected chi connectivity index (χ4v) is 6.70. The maximum absolute atomic E-state index is 13.8. The number of hydrogen-bond donors (Lipinski definition) is 2. The lowest BCUT2D eigenvalue weighted by atomic mass is 9.59. The summed E-state index contributed by atoms with van der Waals surface area (Å²) in [5.74, 6) is -0.947. The van der Waals surface area contributed by atoms with E-state index in [1.807, 2.05) is 18.2 Å². The number of esters is 1. The van der Waals surface area contributed by atoms with Gasteiger partial charge in [-0.2, -0.15) is 0 Å². The standard InChI is InChI=1S/C29H37NO5/c1-18-9-7-13-22-26-28(3,35-26)19(2)25-23(17-20-10-5-4-6-11-20)30-27(33)29(22,25)34-24(32)14-8-12-21(31)16-15-18/h4-8,10-11,13-14,18-19,21-23,25-26,31H,9,12,15-17H2,1-3H3,(H,30,33)/b13-7+,14-8+/t18-,19-,21?,22-,23-,25-,26-,28+,29+/m0/s1. The van der Waals surface area contributed by atoms with Crippen molar-refractivity contribution in [3.63, 3.8) is 0 Å². The van der Waals surface area contributed by atoms with Crippen molar-refractivity contribution in [2.75, 3.05) is 0 Å². The molecule has 0 radical (unpaired) electrons. The van der Waals surface area contributed by atoms with Crippen LogP contribution in [0.4, 0.5) is 0 Å². The normalized spacial score (nSPS) is 45.1. The molecule has 1 amide bonds. The maximum atomic E-state index is 13.8. The molecule has 0 bridgehead atoms. The van der Waals surface area contributed by atoms with Crippen LogP contribution in [0.15, 0.2) is 54.6 Å². The number of carbonyl (C=O) groups excluding carboxylic acids is 2. The zero-order chi connectivity index (χ0) is 24.8. The van der Waals surface area contributed by atoms with Crippen molar-refractivity contribution in [1.82, 2.24) is 5.32 Å².